The molecule has 1 saturated heterocycles. The van der Waals surface area contributed by atoms with Crippen molar-refractivity contribution in [1.29, 1.82) is 0 Å². The van der Waals surface area contributed by atoms with Gasteiger partial charge in [-0.15, -0.1) is 0 Å². The van der Waals surface area contributed by atoms with Crippen molar-refractivity contribution in [2.45, 2.75) is 57.4 Å². The lowest BCUT2D eigenvalue weighted by Gasteiger charge is -2.36. The van der Waals surface area contributed by atoms with Crippen LogP contribution in [0.3, 0.4) is 0 Å². The van der Waals surface area contributed by atoms with Gasteiger partial charge in [0.2, 0.25) is 15.9 Å². The normalized spacial score (nSPS) is 21.9. The average Bonchev–Trinajstić information content (AvgIpc) is 2.54. The molecule has 5 nitrogen and oxygen atoms in total. The second-order valence-corrected chi connectivity index (χ2v) is 9.04. The molecule has 2 unspecified atom stereocenters. The summed E-state index contributed by atoms with van der Waals surface area (Å²) in [6, 6.07) is 4.78. The van der Waals surface area contributed by atoms with E-state index in [4.69, 9.17) is 11.6 Å². The van der Waals surface area contributed by atoms with Crippen LogP contribution in [0.5, 0.6) is 0 Å². The van der Waals surface area contributed by atoms with E-state index in [-0.39, 0.29) is 34.3 Å². The van der Waals surface area contributed by atoms with E-state index >= 15 is 0 Å². The van der Waals surface area contributed by atoms with Crippen LogP contribution < -0.4 is 5.32 Å². The summed E-state index contributed by atoms with van der Waals surface area (Å²) >= 11 is 6.18. The van der Waals surface area contributed by atoms with E-state index in [1.807, 2.05) is 13.8 Å². The molecule has 1 heterocycles. The van der Waals surface area contributed by atoms with Crippen LogP contribution in [-0.4, -0.2) is 37.8 Å². The maximum atomic E-state index is 13.1. The molecule has 1 amide bonds. The Morgan fingerprint density at radius 2 is 2.08 bits per heavy atom. The van der Waals surface area contributed by atoms with Crippen LogP contribution in [0.2, 0.25) is 5.02 Å². The zero-order chi connectivity index (χ0) is 18.6. The third kappa shape index (κ3) is 4.74. The highest BCUT2D eigenvalue weighted by molar-refractivity contribution is 7.89. The van der Waals surface area contributed by atoms with Gasteiger partial charge in [-0.25, -0.2) is 8.42 Å². The maximum absolute atomic E-state index is 13.1. The van der Waals surface area contributed by atoms with Crippen molar-refractivity contribution < 1.29 is 13.2 Å². The molecule has 0 aromatic heterocycles. The van der Waals surface area contributed by atoms with E-state index in [1.165, 1.54) is 4.31 Å². The molecule has 25 heavy (non-hydrogen) atoms. The molecule has 2 rings (SSSR count). The van der Waals surface area contributed by atoms with Crippen LogP contribution in [0, 0.1) is 12.8 Å². The highest BCUT2D eigenvalue weighted by Crippen LogP contribution is 2.31. The van der Waals surface area contributed by atoms with Gasteiger partial charge in [-0.3, -0.25) is 4.79 Å². The zero-order valence-electron chi connectivity index (χ0n) is 15.1. The Balaban J connectivity index is 2.19. The van der Waals surface area contributed by atoms with Crippen molar-refractivity contribution in [3.63, 3.8) is 0 Å². The van der Waals surface area contributed by atoms with Gasteiger partial charge < -0.3 is 5.32 Å². The number of hydrogen-bond donors (Lipinski definition) is 1. The summed E-state index contributed by atoms with van der Waals surface area (Å²) in [5, 5.41) is 3.14. The molecular formula is C18H27ClN2O3S. The number of rotatable bonds is 6. The van der Waals surface area contributed by atoms with Crippen LogP contribution in [0.1, 0.15) is 45.1 Å². The lowest BCUT2D eigenvalue weighted by Crippen LogP contribution is -2.49. The number of halogens is 1. The molecule has 1 aliphatic rings. The summed E-state index contributed by atoms with van der Waals surface area (Å²) in [7, 11) is -3.73. The van der Waals surface area contributed by atoms with Gasteiger partial charge in [-0.05, 0) is 50.8 Å². The van der Waals surface area contributed by atoms with Crippen molar-refractivity contribution in [2.75, 3.05) is 13.1 Å². The van der Waals surface area contributed by atoms with Gasteiger partial charge in [-0.1, -0.05) is 31.0 Å². The molecule has 1 aromatic carbocycles. The number of aryl methyl sites for hydroxylation is 1. The third-order valence-corrected chi connectivity index (χ3v) is 7.16. The highest BCUT2D eigenvalue weighted by atomic mass is 35.5. The topological polar surface area (TPSA) is 66.5 Å². The minimum Gasteiger partial charge on any atom is -0.356 e. The van der Waals surface area contributed by atoms with Crippen molar-refractivity contribution in [2.24, 2.45) is 5.92 Å². The second kappa shape index (κ2) is 8.52. The van der Waals surface area contributed by atoms with Gasteiger partial charge in [0.1, 0.15) is 4.90 Å². The minimum absolute atomic E-state index is 0.0597. The molecule has 1 N–H and O–H groups in total. The van der Waals surface area contributed by atoms with Gasteiger partial charge in [0, 0.05) is 19.1 Å². The standard InChI is InChI=1S/C18H27ClN2O3S/c1-4-5-10-20-18(22)15-8-7-14(3)21(12-15)25(23,24)17-9-6-13(2)11-16(17)19/h6,9,11,14-15H,4-5,7-8,10,12H2,1-3H3,(H,20,22). The van der Waals surface area contributed by atoms with Gasteiger partial charge in [0.25, 0.3) is 0 Å². The zero-order valence-corrected chi connectivity index (χ0v) is 16.7. The van der Waals surface area contributed by atoms with Crippen LogP contribution >= 0.6 is 11.6 Å². The molecular weight excluding hydrogens is 360 g/mol. The smallest absolute Gasteiger partial charge is 0.244 e. The minimum atomic E-state index is -3.73. The van der Waals surface area contributed by atoms with Gasteiger partial charge in [0.05, 0.1) is 10.9 Å². The molecule has 0 saturated carbocycles. The fraction of sp³-hybridized carbons (Fsp3) is 0.611. The molecule has 7 heteroatoms. The Hall–Kier alpha value is -1.11. The lowest BCUT2D eigenvalue weighted by molar-refractivity contribution is -0.126. The van der Waals surface area contributed by atoms with Crippen LogP contribution in [-0.2, 0) is 14.8 Å². The predicted octanol–water partition coefficient (Wildman–Crippen LogP) is 3.35. The molecule has 0 bridgehead atoms. The van der Waals surface area contributed by atoms with Gasteiger partial charge in [0.15, 0.2) is 0 Å². The maximum Gasteiger partial charge on any atom is 0.244 e. The molecule has 140 valence electrons. The Morgan fingerprint density at radius 1 is 1.36 bits per heavy atom. The van der Waals surface area contributed by atoms with E-state index in [0.29, 0.717) is 19.4 Å². The van der Waals surface area contributed by atoms with Crippen molar-refractivity contribution in [1.82, 2.24) is 9.62 Å². The number of sulfonamides is 1. The number of nitrogens with zero attached hydrogens (tertiary/aromatic N) is 1. The lowest BCUT2D eigenvalue weighted by atomic mass is 9.94. The van der Waals surface area contributed by atoms with Crippen LogP contribution in [0.25, 0.3) is 0 Å². The number of hydrogen-bond acceptors (Lipinski definition) is 3. The first kappa shape index (κ1) is 20.2. The molecule has 2 atom stereocenters. The number of benzene rings is 1. The predicted molar refractivity (Wildman–Crippen MR) is 100 cm³/mol. The molecule has 1 aromatic rings. The number of amides is 1. The number of carbonyl (C=O) groups excluding carboxylic acids is 1. The molecule has 0 aliphatic carbocycles. The van der Waals surface area contributed by atoms with E-state index in [0.717, 1.165) is 18.4 Å². The summed E-state index contributed by atoms with van der Waals surface area (Å²) in [6.07, 6.45) is 3.30. The summed E-state index contributed by atoms with van der Waals surface area (Å²) < 4.78 is 27.6. The first-order valence-corrected chi connectivity index (χ1v) is 10.6. The summed E-state index contributed by atoms with van der Waals surface area (Å²) in [6.45, 7) is 6.64. The van der Waals surface area contributed by atoms with Gasteiger partial charge in [-0.2, -0.15) is 4.31 Å². The number of carbonyl (C=O) groups is 1. The first-order chi connectivity index (χ1) is 11.8. The summed E-state index contributed by atoms with van der Waals surface area (Å²) in [5.74, 6) is -0.373. The Bertz CT molecular complexity index is 721. The fourth-order valence-electron chi connectivity index (χ4n) is 3.10. The van der Waals surface area contributed by atoms with E-state index in [1.54, 1.807) is 18.2 Å². The van der Waals surface area contributed by atoms with E-state index < -0.39 is 10.0 Å². The largest absolute Gasteiger partial charge is 0.356 e. The van der Waals surface area contributed by atoms with E-state index in [2.05, 4.69) is 12.2 Å². The average molecular weight is 387 g/mol. The number of piperidine rings is 1. The third-order valence-electron chi connectivity index (χ3n) is 4.70. The number of unbranched alkanes of at least 4 members (excludes halogenated alkanes) is 1. The second-order valence-electron chi connectivity index (χ2n) is 6.78. The van der Waals surface area contributed by atoms with Crippen molar-refractivity contribution >= 4 is 27.5 Å². The Labute approximate surface area is 155 Å². The van der Waals surface area contributed by atoms with Crippen molar-refractivity contribution in [3.8, 4) is 0 Å². The molecule has 1 aliphatic heterocycles. The first-order valence-electron chi connectivity index (χ1n) is 8.83. The Kier molecular flexibility index (Phi) is 6.88. The molecule has 0 radical (unpaired) electrons. The van der Waals surface area contributed by atoms with Crippen LogP contribution in [0.4, 0.5) is 0 Å². The summed E-state index contributed by atoms with van der Waals surface area (Å²) in [5.41, 5.74) is 0.906. The number of nitrogens with one attached hydrogen (secondary N) is 1. The highest BCUT2D eigenvalue weighted by Gasteiger charge is 2.38. The fourth-order valence-corrected chi connectivity index (χ4v) is 5.38. The monoisotopic (exact) mass is 386 g/mol. The molecule has 1 fully saturated rings. The van der Waals surface area contributed by atoms with E-state index in [9.17, 15) is 13.2 Å². The molecule has 0 spiro atoms. The van der Waals surface area contributed by atoms with Crippen LogP contribution in [0.15, 0.2) is 23.1 Å². The SMILES string of the molecule is CCCCNC(=O)C1CCC(C)N(S(=O)(=O)c2ccc(C)cc2Cl)C1. The quantitative estimate of drug-likeness (QED) is 0.762. The van der Waals surface area contributed by atoms with Gasteiger partial charge >= 0.3 is 0 Å². The Morgan fingerprint density at radius 3 is 2.72 bits per heavy atom. The van der Waals surface area contributed by atoms with Crippen molar-refractivity contribution in [3.05, 3.63) is 28.8 Å². The summed E-state index contributed by atoms with van der Waals surface area (Å²) in [4.78, 5) is 12.5.